The number of rotatable bonds is 4. The van der Waals surface area contributed by atoms with Crippen molar-refractivity contribution in [2.75, 3.05) is 5.32 Å². The Hall–Kier alpha value is -4.39. The van der Waals surface area contributed by atoms with E-state index in [9.17, 15) is 9.18 Å². The first-order chi connectivity index (χ1) is 15.6. The molecule has 5 aromatic rings. The van der Waals surface area contributed by atoms with Crippen LogP contribution < -0.4 is 5.32 Å². The molecule has 1 N–H and O–H groups in total. The number of benzene rings is 2. The first kappa shape index (κ1) is 19.6. The van der Waals surface area contributed by atoms with Gasteiger partial charge in [-0.2, -0.15) is 5.10 Å². The molecule has 0 aliphatic heterocycles. The van der Waals surface area contributed by atoms with Gasteiger partial charge in [0.1, 0.15) is 17.3 Å². The molecule has 5 rings (SSSR count). The van der Waals surface area contributed by atoms with Crippen molar-refractivity contribution in [2.24, 2.45) is 0 Å². The fraction of sp³-hybridized carbons (Fsp3) is 0.0400. The molecule has 3 aromatic heterocycles. The maximum atomic E-state index is 13.9. The Morgan fingerprint density at radius 3 is 2.59 bits per heavy atom. The molecular formula is C25H18FN5O. The SMILES string of the molecule is Cc1cc(-c2nc3cccnn3c2-c2ccnc(NC(=O)c3ccccc3)c2)ccc1F. The fourth-order valence-corrected chi connectivity index (χ4v) is 3.57. The van der Waals surface area contributed by atoms with E-state index in [1.54, 1.807) is 66.3 Å². The van der Waals surface area contributed by atoms with Crippen LogP contribution in [0.25, 0.3) is 28.2 Å². The summed E-state index contributed by atoms with van der Waals surface area (Å²) in [6.45, 7) is 1.72. The molecule has 7 heteroatoms. The molecule has 0 aliphatic rings. The van der Waals surface area contributed by atoms with Gasteiger partial charge in [0.2, 0.25) is 0 Å². The highest BCUT2D eigenvalue weighted by Gasteiger charge is 2.18. The average molecular weight is 423 g/mol. The molecule has 0 unspecified atom stereocenters. The number of anilines is 1. The van der Waals surface area contributed by atoms with Gasteiger partial charge in [-0.3, -0.25) is 4.79 Å². The lowest BCUT2D eigenvalue weighted by atomic mass is 10.0. The zero-order chi connectivity index (χ0) is 22.1. The average Bonchev–Trinajstić information content (AvgIpc) is 3.21. The maximum absolute atomic E-state index is 13.9. The number of nitrogens with one attached hydrogen (secondary N) is 1. The Kier molecular flexibility index (Phi) is 4.91. The van der Waals surface area contributed by atoms with Gasteiger partial charge in [-0.15, -0.1) is 0 Å². The number of pyridine rings is 1. The molecule has 0 radical (unpaired) electrons. The number of imidazole rings is 1. The van der Waals surface area contributed by atoms with E-state index in [2.05, 4.69) is 15.4 Å². The highest BCUT2D eigenvalue weighted by atomic mass is 19.1. The van der Waals surface area contributed by atoms with Crippen LogP contribution in [0.1, 0.15) is 15.9 Å². The first-order valence-electron chi connectivity index (χ1n) is 10.0. The van der Waals surface area contributed by atoms with Crippen LogP contribution in [0.4, 0.5) is 10.2 Å². The van der Waals surface area contributed by atoms with Crippen LogP contribution in [0, 0.1) is 12.7 Å². The lowest BCUT2D eigenvalue weighted by Crippen LogP contribution is -2.12. The highest BCUT2D eigenvalue weighted by Crippen LogP contribution is 2.33. The van der Waals surface area contributed by atoms with Crippen molar-refractivity contribution < 1.29 is 9.18 Å². The van der Waals surface area contributed by atoms with E-state index in [0.29, 0.717) is 28.3 Å². The van der Waals surface area contributed by atoms with Gasteiger partial charge < -0.3 is 5.32 Å². The Morgan fingerprint density at radius 1 is 0.938 bits per heavy atom. The molecular weight excluding hydrogens is 405 g/mol. The van der Waals surface area contributed by atoms with Crippen LogP contribution in [-0.2, 0) is 0 Å². The molecule has 0 saturated carbocycles. The van der Waals surface area contributed by atoms with Gasteiger partial charge in [-0.05, 0) is 67.1 Å². The van der Waals surface area contributed by atoms with Gasteiger partial charge in [-0.25, -0.2) is 18.9 Å². The minimum atomic E-state index is -0.271. The summed E-state index contributed by atoms with van der Waals surface area (Å²) in [6, 6.07) is 21.1. The zero-order valence-corrected chi connectivity index (χ0v) is 17.2. The van der Waals surface area contributed by atoms with Gasteiger partial charge in [-0.1, -0.05) is 18.2 Å². The van der Waals surface area contributed by atoms with Gasteiger partial charge >= 0.3 is 0 Å². The number of hydrogen-bond donors (Lipinski definition) is 1. The summed E-state index contributed by atoms with van der Waals surface area (Å²) >= 11 is 0. The molecule has 0 spiro atoms. The number of aromatic nitrogens is 4. The van der Waals surface area contributed by atoms with E-state index in [4.69, 9.17) is 4.98 Å². The molecule has 0 bridgehead atoms. The number of halogens is 1. The number of carbonyl (C=O) groups is 1. The van der Waals surface area contributed by atoms with Gasteiger partial charge in [0.25, 0.3) is 5.91 Å². The summed E-state index contributed by atoms with van der Waals surface area (Å²) in [4.78, 5) is 21.6. The Morgan fingerprint density at radius 2 is 1.78 bits per heavy atom. The van der Waals surface area contributed by atoms with Crippen molar-refractivity contribution in [1.29, 1.82) is 0 Å². The van der Waals surface area contributed by atoms with Crippen molar-refractivity contribution in [3.05, 3.63) is 102 Å². The van der Waals surface area contributed by atoms with Gasteiger partial charge in [0.05, 0.1) is 5.69 Å². The summed E-state index contributed by atoms with van der Waals surface area (Å²) in [5.74, 6) is -0.114. The molecule has 0 atom stereocenters. The van der Waals surface area contributed by atoms with E-state index in [1.165, 1.54) is 6.07 Å². The van der Waals surface area contributed by atoms with Gasteiger partial charge in [0, 0.05) is 29.1 Å². The smallest absolute Gasteiger partial charge is 0.256 e. The van der Waals surface area contributed by atoms with Crippen molar-refractivity contribution in [3.63, 3.8) is 0 Å². The van der Waals surface area contributed by atoms with Crippen molar-refractivity contribution in [3.8, 4) is 22.5 Å². The van der Waals surface area contributed by atoms with E-state index in [-0.39, 0.29) is 11.7 Å². The third kappa shape index (κ3) is 3.60. The van der Waals surface area contributed by atoms with E-state index in [1.807, 2.05) is 24.3 Å². The number of amides is 1. The van der Waals surface area contributed by atoms with E-state index in [0.717, 1.165) is 16.8 Å². The first-order valence-corrected chi connectivity index (χ1v) is 10.0. The molecule has 0 fully saturated rings. The van der Waals surface area contributed by atoms with Crippen LogP contribution >= 0.6 is 0 Å². The largest absolute Gasteiger partial charge is 0.307 e. The van der Waals surface area contributed by atoms with Crippen LogP contribution in [0.15, 0.2) is 85.2 Å². The summed E-state index contributed by atoms with van der Waals surface area (Å²) < 4.78 is 15.6. The van der Waals surface area contributed by atoms with Crippen LogP contribution in [0.2, 0.25) is 0 Å². The lowest BCUT2D eigenvalue weighted by molar-refractivity contribution is 0.102. The highest BCUT2D eigenvalue weighted by molar-refractivity contribution is 6.04. The number of nitrogens with zero attached hydrogens (tertiary/aromatic N) is 4. The third-order valence-corrected chi connectivity index (χ3v) is 5.14. The van der Waals surface area contributed by atoms with E-state index < -0.39 is 0 Å². The van der Waals surface area contributed by atoms with E-state index >= 15 is 0 Å². The van der Waals surface area contributed by atoms with Gasteiger partial charge in [0.15, 0.2) is 5.65 Å². The quantitative estimate of drug-likeness (QED) is 0.434. The topological polar surface area (TPSA) is 72.2 Å². The number of fused-ring (bicyclic) bond motifs is 1. The Labute approximate surface area is 183 Å². The second-order valence-electron chi connectivity index (χ2n) is 7.32. The summed E-state index contributed by atoms with van der Waals surface area (Å²) in [5, 5.41) is 7.29. The number of hydrogen-bond acceptors (Lipinski definition) is 4. The lowest BCUT2D eigenvalue weighted by Gasteiger charge is -2.09. The molecule has 3 heterocycles. The summed E-state index contributed by atoms with van der Waals surface area (Å²) in [7, 11) is 0. The molecule has 6 nitrogen and oxygen atoms in total. The van der Waals surface area contributed by atoms with Crippen molar-refractivity contribution >= 4 is 17.4 Å². The minimum Gasteiger partial charge on any atom is -0.307 e. The van der Waals surface area contributed by atoms with Crippen molar-refractivity contribution in [1.82, 2.24) is 19.6 Å². The molecule has 2 aromatic carbocycles. The number of aryl methyl sites for hydroxylation is 1. The monoisotopic (exact) mass is 423 g/mol. The van der Waals surface area contributed by atoms with Crippen LogP contribution in [-0.4, -0.2) is 25.5 Å². The molecule has 0 aliphatic carbocycles. The predicted octanol–water partition coefficient (Wildman–Crippen LogP) is 5.16. The predicted molar refractivity (Wildman–Crippen MR) is 121 cm³/mol. The normalized spacial score (nSPS) is 10.9. The standard InChI is InChI=1S/C25H18FN5O/c1-16-14-18(9-10-20(16)26)23-24(31-22(30-23)8-5-12-28-31)19-11-13-27-21(15-19)29-25(32)17-6-3-2-4-7-17/h2-15H,1H3,(H,27,29,32). The third-order valence-electron chi connectivity index (χ3n) is 5.14. The summed E-state index contributed by atoms with van der Waals surface area (Å²) in [5.41, 5.74) is 4.67. The Balaban J connectivity index is 1.61. The number of carbonyl (C=O) groups excluding carboxylic acids is 1. The molecule has 0 saturated heterocycles. The molecule has 1 amide bonds. The van der Waals surface area contributed by atoms with Crippen LogP contribution in [0.3, 0.4) is 0 Å². The second kappa shape index (κ2) is 8.03. The van der Waals surface area contributed by atoms with Crippen LogP contribution in [0.5, 0.6) is 0 Å². The molecule has 156 valence electrons. The zero-order valence-electron chi connectivity index (χ0n) is 17.2. The fourth-order valence-electron chi connectivity index (χ4n) is 3.57. The second-order valence-corrected chi connectivity index (χ2v) is 7.32. The summed E-state index contributed by atoms with van der Waals surface area (Å²) in [6.07, 6.45) is 3.30. The minimum absolute atomic E-state index is 0.249. The Bertz CT molecular complexity index is 1450. The van der Waals surface area contributed by atoms with Crippen molar-refractivity contribution in [2.45, 2.75) is 6.92 Å². The molecule has 32 heavy (non-hydrogen) atoms. The maximum Gasteiger partial charge on any atom is 0.256 e.